The zero-order valence-electron chi connectivity index (χ0n) is 26.0. The third kappa shape index (κ3) is 5.09. The third-order valence-electron chi connectivity index (χ3n) is 9.60. The van der Waals surface area contributed by atoms with E-state index in [1.807, 2.05) is 0 Å². The van der Waals surface area contributed by atoms with Crippen molar-refractivity contribution in [1.82, 2.24) is 0 Å². The van der Waals surface area contributed by atoms with Gasteiger partial charge in [-0.3, -0.25) is 9.59 Å². The van der Waals surface area contributed by atoms with Gasteiger partial charge in [0.25, 0.3) is 0 Å². The first-order chi connectivity index (χ1) is 24.2. The quantitative estimate of drug-likeness (QED) is 0.138. The Kier molecular flexibility index (Phi) is 8.04. The summed E-state index contributed by atoms with van der Waals surface area (Å²) in [5.74, 6) is -9.35. The van der Waals surface area contributed by atoms with Gasteiger partial charge in [0.1, 0.15) is 47.4 Å². The van der Waals surface area contributed by atoms with Crippen LogP contribution in [0.4, 0.5) is 0 Å². The maximum Gasteiger partial charge on any atom is 0.335 e. The topological polar surface area (TPSA) is 269 Å². The van der Waals surface area contributed by atoms with E-state index < -0.39 is 101 Å². The Balaban J connectivity index is 1.52. The molecule has 15 nitrogen and oxygen atoms in total. The normalized spacial score (nSPS) is 24.9. The minimum absolute atomic E-state index is 0.0489. The van der Waals surface area contributed by atoms with Gasteiger partial charge < -0.3 is 55.4 Å². The molecule has 0 saturated carbocycles. The maximum atomic E-state index is 14.4. The summed E-state index contributed by atoms with van der Waals surface area (Å²) in [7, 11) is 0. The minimum atomic E-state index is -1.88. The van der Waals surface area contributed by atoms with Crippen LogP contribution < -0.4 is 4.74 Å². The van der Waals surface area contributed by atoms with E-state index in [1.165, 1.54) is 36.4 Å². The number of aromatic hydroxyl groups is 3. The SMILES string of the molecule is O=C(O)c1cc(O)c2c(c1)[C@@H]([C@H]1c3cc(C(=O)O)cc(O)c3C(=O)c3c(O[C@H]4O[C@@H](CO)[C@@H](O)[C@@H](O)[C@@H]4O)cccc31)c1cccc(O)c1C2=O. The fourth-order valence-corrected chi connectivity index (χ4v) is 7.34. The van der Waals surface area contributed by atoms with E-state index in [9.17, 15) is 65.1 Å². The number of carboxylic acid groups (broad SMARTS) is 2. The molecule has 1 fully saturated rings. The molecule has 15 heteroatoms. The van der Waals surface area contributed by atoms with Crippen LogP contribution in [0.3, 0.4) is 0 Å². The second kappa shape index (κ2) is 12.2. The average molecular weight is 701 g/mol. The number of aliphatic hydroxyl groups is 4. The van der Waals surface area contributed by atoms with Gasteiger partial charge in [-0.2, -0.15) is 0 Å². The lowest BCUT2D eigenvalue weighted by atomic mass is 9.63. The standard InChI is InChI=1S/C36H28O15/c37-11-22-29(41)32(44)33(45)36(51-22)50-21-6-2-4-15-24(17-8-13(35(48)49)10-20(40)27(17)31(43)28(15)21)23-14-3-1-5-18(38)25(14)30(42)26-16(23)7-12(34(46)47)9-19(26)39/h1-10,22-24,29,32-33,36-41,44-45H,11H2,(H,46,47)(H,48,49)/t22-,23-,24+,29+,32+,33-,36-/m0/s1. The van der Waals surface area contributed by atoms with E-state index >= 15 is 0 Å². The summed E-state index contributed by atoms with van der Waals surface area (Å²) in [4.78, 5) is 52.6. The van der Waals surface area contributed by atoms with E-state index in [2.05, 4.69) is 0 Å². The fourth-order valence-electron chi connectivity index (χ4n) is 7.34. The number of aromatic carboxylic acids is 2. The molecule has 4 aromatic rings. The Morgan fingerprint density at radius 3 is 1.65 bits per heavy atom. The highest BCUT2D eigenvalue weighted by Crippen LogP contribution is 2.56. The number of rotatable bonds is 6. The molecule has 0 radical (unpaired) electrons. The summed E-state index contributed by atoms with van der Waals surface area (Å²) in [6.07, 6.45) is -8.55. The molecular formula is C36H28O15. The van der Waals surface area contributed by atoms with Gasteiger partial charge >= 0.3 is 11.9 Å². The molecule has 51 heavy (non-hydrogen) atoms. The van der Waals surface area contributed by atoms with E-state index in [0.29, 0.717) is 0 Å². The first kappa shape index (κ1) is 33.6. The van der Waals surface area contributed by atoms with Crippen LogP contribution in [-0.4, -0.2) is 107 Å². The summed E-state index contributed by atoms with van der Waals surface area (Å²) < 4.78 is 11.4. The van der Waals surface area contributed by atoms with Gasteiger partial charge in [-0.1, -0.05) is 24.3 Å². The first-order valence-corrected chi connectivity index (χ1v) is 15.5. The van der Waals surface area contributed by atoms with Crippen molar-refractivity contribution in [2.24, 2.45) is 0 Å². The highest BCUT2D eigenvalue weighted by molar-refractivity contribution is 6.18. The molecule has 2 aliphatic carbocycles. The van der Waals surface area contributed by atoms with Crippen LogP contribution in [0.15, 0.2) is 60.7 Å². The number of benzene rings is 4. The maximum absolute atomic E-state index is 14.4. The Morgan fingerprint density at radius 2 is 1.12 bits per heavy atom. The molecule has 262 valence electrons. The Bertz CT molecular complexity index is 2170. The number of carbonyl (C=O) groups is 4. The van der Waals surface area contributed by atoms with Crippen LogP contribution in [0.2, 0.25) is 0 Å². The summed E-state index contributed by atoms with van der Waals surface area (Å²) >= 11 is 0. The van der Waals surface area contributed by atoms with Crippen LogP contribution in [0.5, 0.6) is 23.0 Å². The Morgan fingerprint density at radius 1 is 0.627 bits per heavy atom. The van der Waals surface area contributed by atoms with Crippen molar-refractivity contribution in [1.29, 1.82) is 0 Å². The number of phenols is 3. The number of hydrogen-bond acceptors (Lipinski definition) is 13. The number of aliphatic hydroxyl groups excluding tert-OH is 4. The second-order valence-corrected chi connectivity index (χ2v) is 12.4. The Hall–Kier alpha value is -5.84. The number of ketones is 2. The number of carbonyl (C=O) groups excluding carboxylic acids is 2. The number of phenolic OH excluding ortho intramolecular Hbond substituents is 3. The number of ether oxygens (including phenoxy) is 2. The zero-order valence-corrected chi connectivity index (χ0v) is 26.0. The lowest BCUT2D eigenvalue weighted by Crippen LogP contribution is -2.60. The monoisotopic (exact) mass is 700 g/mol. The van der Waals surface area contributed by atoms with Gasteiger partial charge in [0.15, 0.2) is 0 Å². The molecule has 4 aromatic carbocycles. The molecule has 3 aliphatic rings. The van der Waals surface area contributed by atoms with E-state index in [0.717, 1.165) is 24.3 Å². The summed E-state index contributed by atoms with van der Waals surface area (Å²) in [6.45, 7) is -0.775. The lowest BCUT2D eigenvalue weighted by Gasteiger charge is -2.41. The van der Waals surface area contributed by atoms with Crippen LogP contribution in [-0.2, 0) is 4.74 Å². The molecule has 0 bridgehead atoms. The predicted octanol–water partition coefficient (Wildman–Crippen LogP) is 1.43. The highest BCUT2D eigenvalue weighted by atomic mass is 16.7. The largest absolute Gasteiger partial charge is 0.507 e. The van der Waals surface area contributed by atoms with Crippen molar-refractivity contribution in [3.63, 3.8) is 0 Å². The third-order valence-corrected chi connectivity index (χ3v) is 9.60. The Labute approximate surface area is 286 Å². The summed E-state index contributed by atoms with van der Waals surface area (Å²) in [5.41, 5.74) is -1.98. The van der Waals surface area contributed by atoms with Crippen molar-refractivity contribution in [2.45, 2.75) is 42.5 Å². The molecule has 7 atom stereocenters. The van der Waals surface area contributed by atoms with Crippen molar-refractivity contribution < 1.29 is 74.6 Å². The van der Waals surface area contributed by atoms with Crippen LogP contribution in [0.1, 0.15) is 86.6 Å². The summed E-state index contributed by atoms with van der Waals surface area (Å²) in [5, 5.41) is 94.1. The molecule has 1 saturated heterocycles. The van der Waals surface area contributed by atoms with Gasteiger partial charge in [-0.15, -0.1) is 0 Å². The van der Waals surface area contributed by atoms with Crippen LogP contribution in [0, 0.1) is 0 Å². The smallest absolute Gasteiger partial charge is 0.335 e. The number of fused-ring (bicyclic) bond motifs is 4. The second-order valence-electron chi connectivity index (χ2n) is 12.4. The van der Waals surface area contributed by atoms with Crippen molar-refractivity contribution >= 4 is 23.5 Å². The van der Waals surface area contributed by atoms with Crippen LogP contribution in [0.25, 0.3) is 0 Å². The number of hydrogen-bond donors (Lipinski definition) is 9. The molecule has 1 aliphatic heterocycles. The van der Waals surface area contributed by atoms with E-state index in [-0.39, 0.29) is 50.3 Å². The molecular weight excluding hydrogens is 672 g/mol. The van der Waals surface area contributed by atoms with Crippen molar-refractivity contribution in [3.8, 4) is 23.0 Å². The molecule has 9 N–H and O–H groups in total. The molecule has 1 heterocycles. The zero-order chi connectivity index (χ0) is 36.6. The fraction of sp³-hybridized carbons (Fsp3) is 0.222. The molecule has 0 unspecified atom stereocenters. The van der Waals surface area contributed by atoms with Crippen molar-refractivity contribution in [3.05, 3.63) is 116 Å². The highest BCUT2D eigenvalue weighted by Gasteiger charge is 2.48. The molecule has 0 spiro atoms. The van der Waals surface area contributed by atoms with Gasteiger partial charge in [-0.25, -0.2) is 9.59 Å². The first-order valence-electron chi connectivity index (χ1n) is 15.5. The molecule has 0 amide bonds. The minimum Gasteiger partial charge on any atom is -0.507 e. The van der Waals surface area contributed by atoms with Gasteiger partial charge in [0, 0.05) is 11.8 Å². The van der Waals surface area contributed by atoms with Gasteiger partial charge in [0.2, 0.25) is 17.9 Å². The van der Waals surface area contributed by atoms with E-state index in [1.54, 1.807) is 0 Å². The van der Waals surface area contributed by atoms with Crippen LogP contribution >= 0.6 is 0 Å². The average Bonchev–Trinajstić information content (AvgIpc) is 3.08. The van der Waals surface area contributed by atoms with E-state index in [4.69, 9.17) is 9.47 Å². The van der Waals surface area contributed by atoms with Gasteiger partial charge in [0.05, 0.1) is 40.0 Å². The lowest BCUT2D eigenvalue weighted by molar-refractivity contribution is -0.277. The molecule has 7 rings (SSSR count). The summed E-state index contributed by atoms with van der Waals surface area (Å²) in [6, 6.07) is 12.3. The van der Waals surface area contributed by atoms with Gasteiger partial charge in [-0.05, 0) is 58.7 Å². The predicted molar refractivity (Wildman–Crippen MR) is 170 cm³/mol. The van der Waals surface area contributed by atoms with Crippen molar-refractivity contribution in [2.75, 3.05) is 6.61 Å². The molecule has 0 aromatic heterocycles. The number of carboxylic acids is 2.